The first-order chi connectivity index (χ1) is 8.27. The van der Waals surface area contributed by atoms with E-state index >= 15 is 0 Å². The minimum Gasteiger partial charge on any atom is -0.385 e. The molecule has 1 heterocycles. The van der Waals surface area contributed by atoms with Crippen LogP contribution >= 0.6 is 0 Å². The minimum absolute atomic E-state index is 0.862. The highest BCUT2D eigenvalue weighted by atomic mass is 14.9. The number of nitrogens with one attached hydrogen (secondary N) is 2. The second-order valence-corrected chi connectivity index (χ2v) is 5.19. The van der Waals surface area contributed by atoms with Crippen LogP contribution in [-0.4, -0.2) is 19.6 Å². The largest absolute Gasteiger partial charge is 0.385 e. The van der Waals surface area contributed by atoms with E-state index in [0.29, 0.717) is 0 Å². The summed E-state index contributed by atoms with van der Waals surface area (Å²) < 4.78 is 0. The normalized spacial score (nSPS) is 20.2. The van der Waals surface area contributed by atoms with Crippen LogP contribution in [0.1, 0.15) is 30.4 Å². The van der Waals surface area contributed by atoms with E-state index in [1.807, 2.05) is 0 Å². The molecule has 0 aromatic heterocycles. The Kier molecular flexibility index (Phi) is 4.43. The van der Waals surface area contributed by atoms with Gasteiger partial charge in [-0.3, -0.25) is 0 Å². The van der Waals surface area contributed by atoms with Gasteiger partial charge in [0.25, 0.3) is 0 Å². The van der Waals surface area contributed by atoms with Gasteiger partial charge in [-0.25, -0.2) is 0 Å². The predicted molar refractivity (Wildman–Crippen MR) is 74.6 cm³/mol. The quantitative estimate of drug-likeness (QED) is 0.833. The van der Waals surface area contributed by atoms with Crippen LogP contribution < -0.4 is 10.6 Å². The van der Waals surface area contributed by atoms with Crippen molar-refractivity contribution in [1.82, 2.24) is 5.32 Å². The van der Waals surface area contributed by atoms with Crippen LogP contribution in [0.15, 0.2) is 18.2 Å². The van der Waals surface area contributed by atoms with E-state index in [1.165, 1.54) is 49.2 Å². The lowest BCUT2D eigenvalue weighted by Gasteiger charge is -2.23. The summed E-state index contributed by atoms with van der Waals surface area (Å²) in [5.74, 6) is 0.862. The smallest absolute Gasteiger partial charge is 0.0399 e. The Hall–Kier alpha value is -1.02. The van der Waals surface area contributed by atoms with Crippen LogP contribution in [0.5, 0.6) is 0 Å². The van der Waals surface area contributed by atoms with Crippen LogP contribution in [-0.2, 0) is 0 Å². The molecule has 1 aromatic carbocycles. The molecule has 0 radical (unpaired) electrons. The predicted octanol–water partition coefficient (Wildman–Crippen LogP) is 3.11. The monoisotopic (exact) mass is 232 g/mol. The highest BCUT2D eigenvalue weighted by Crippen LogP contribution is 2.20. The Morgan fingerprint density at radius 1 is 1.29 bits per heavy atom. The third-order valence-electron chi connectivity index (χ3n) is 3.73. The van der Waals surface area contributed by atoms with E-state index in [-0.39, 0.29) is 0 Å². The minimum atomic E-state index is 0.862. The number of piperidine rings is 1. The first-order valence-corrected chi connectivity index (χ1v) is 6.78. The fourth-order valence-electron chi connectivity index (χ4n) is 2.66. The summed E-state index contributed by atoms with van der Waals surface area (Å²) in [6.45, 7) is 7.86. The molecule has 0 bridgehead atoms. The zero-order chi connectivity index (χ0) is 12.1. The van der Waals surface area contributed by atoms with Gasteiger partial charge in [-0.1, -0.05) is 18.2 Å². The first-order valence-electron chi connectivity index (χ1n) is 6.78. The van der Waals surface area contributed by atoms with Gasteiger partial charge in [0.1, 0.15) is 0 Å². The first kappa shape index (κ1) is 12.4. The number of anilines is 1. The summed E-state index contributed by atoms with van der Waals surface area (Å²) in [5.41, 5.74) is 4.04. The molecule has 1 atom stereocenters. The van der Waals surface area contributed by atoms with E-state index in [9.17, 15) is 0 Å². The topological polar surface area (TPSA) is 24.1 Å². The van der Waals surface area contributed by atoms with Crippen molar-refractivity contribution >= 4 is 5.69 Å². The molecule has 1 saturated heterocycles. The maximum absolute atomic E-state index is 3.60. The Morgan fingerprint density at radius 2 is 2.06 bits per heavy atom. The lowest BCUT2D eigenvalue weighted by molar-refractivity contribution is 0.364. The lowest BCUT2D eigenvalue weighted by atomic mass is 9.96. The third-order valence-corrected chi connectivity index (χ3v) is 3.73. The Bertz CT molecular complexity index is 334. The van der Waals surface area contributed by atoms with Crippen molar-refractivity contribution in [3.8, 4) is 0 Å². The van der Waals surface area contributed by atoms with Crippen LogP contribution in [0.25, 0.3) is 0 Å². The van der Waals surface area contributed by atoms with E-state index in [2.05, 4.69) is 42.7 Å². The molecule has 0 saturated carbocycles. The van der Waals surface area contributed by atoms with Gasteiger partial charge in [-0.2, -0.15) is 0 Å². The molecular weight excluding hydrogens is 208 g/mol. The second kappa shape index (κ2) is 6.06. The number of aryl methyl sites for hydroxylation is 2. The summed E-state index contributed by atoms with van der Waals surface area (Å²) in [7, 11) is 0. The molecule has 1 aliphatic rings. The van der Waals surface area contributed by atoms with Crippen LogP contribution in [0.4, 0.5) is 5.69 Å². The molecule has 2 N–H and O–H groups in total. The van der Waals surface area contributed by atoms with Crippen molar-refractivity contribution in [1.29, 1.82) is 0 Å². The molecule has 2 heteroatoms. The molecule has 2 rings (SSSR count). The average molecular weight is 232 g/mol. The van der Waals surface area contributed by atoms with Crippen molar-refractivity contribution in [2.75, 3.05) is 25.0 Å². The molecule has 1 aromatic rings. The highest BCUT2D eigenvalue weighted by Gasteiger charge is 2.12. The zero-order valence-electron chi connectivity index (χ0n) is 11.1. The van der Waals surface area contributed by atoms with Crippen molar-refractivity contribution in [3.63, 3.8) is 0 Å². The number of hydrogen-bond acceptors (Lipinski definition) is 2. The molecule has 0 aliphatic carbocycles. The average Bonchev–Trinajstić information content (AvgIpc) is 2.34. The van der Waals surface area contributed by atoms with Gasteiger partial charge in [0, 0.05) is 12.2 Å². The van der Waals surface area contributed by atoms with E-state index in [4.69, 9.17) is 0 Å². The maximum Gasteiger partial charge on any atom is 0.0399 e. The number of para-hydroxylation sites is 1. The van der Waals surface area contributed by atoms with Crippen LogP contribution in [0, 0.1) is 19.8 Å². The van der Waals surface area contributed by atoms with Gasteiger partial charge in [-0.05, 0) is 63.2 Å². The summed E-state index contributed by atoms with van der Waals surface area (Å²) in [6.07, 6.45) is 4.01. The SMILES string of the molecule is Cc1cccc(C)c1NCCC1CCCNC1. The molecule has 94 valence electrons. The van der Waals surface area contributed by atoms with E-state index in [0.717, 1.165) is 12.5 Å². The van der Waals surface area contributed by atoms with Gasteiger partial charge in [0.15, 0.2) is 0 Å². The van der Waals surface area contributed by atoms with E-state index < -0.39 is 0 Å². The van der Waals surface area contributed by atoms with Gasteiger partial charge in [0.2, 0.25) is 0 Å². The Morgan fingerprint density at radius 3 is 2.71 bits per heavy atom. The van der Waals surface area contributed by atoms with Crippen molar-refractivity contribution < 1.29 is 0 Å². The highest BCUT2D eigenvalue weighted by molar-refractivity contribution is 5.56. The molecule has 2 nitrogen and oxygen atoms in total. The molecule has 1 aliphatic heterocycles. The molecule has 1 fully saturated rings. The van der Waals surface area contributed by atoms with Crippen LogP contribution in [0.2, 0.25) is 0 Å². The third kappa shape index (κ3) is 3.47. The number of rotatable bonds is 4. The van der Waals surface area contributed by atoms with Gasteiger partial charge in [0.05, 0.1) is 0 Å². The van der Waals surface area contributed by atoms with E-state index in [1.54, 1.807) is 0 Å². The molecular formula is C15H24N2. The summed E-state index contributed by atoms with van der Waals surface area (Å²) in [4.78, 5) is 0. The summed E-state index contributed by atoms with van der Waals surface area (Å²) in [5, 5.41) is 7.08. The van der Waals surface area contributed by atoms with Crippen molar-refractivity contribution in [3.05, 3.63) is 29.3 Å². The molecule has 0 spiro atoms. The van der Waals surface area contributed by atoms with Crippen LogP contribution in [0.3, 0.4) is 0 Å². The second-order valence-electron chi connectivity index (χ2n) is 5.19. The molecule has 1 unspecified atom stereocenters. The van der Waals surface area contributed by atoms with Crippen molar-refractivity contribution in [2.45, 2.75) is 33.1 Å². The maximum atomic E-state index is 3.60. The Labute approximate surface area is 105 Å². The Balaban J connectivity index is 1.81. The lowest BCUT2D eigenvalue weighted by Crippen LogP contribution is -2.30. The van der Waals surface area contributed by atoms with Crippen molar-refractivity contribution in [2.24, 2.45) is 5.92 Å². The summed E-state index contributed by atoms with van der Waals surface area (Å²) >= 11 is 0. The standard InChI is InChI=1S/C15H24N2/c1-12-5-3-6-13(2)15(12)17-10-8-14-7-4-9-16-11-14/h3,5-6,14,16-17H,4,7-11H2,1-2H3. The molecule has 17 heavy (non-hydrogen) atoms. The summed E-state index contributed by atoms with van der Waals surface area (Å²) in [6, 6.07) is 6.48. The number of benzene rings is 1. The number of hydrogen-bond donors (Lipinski definition) is 2. The fourth-order valence-corrected chi connectivity index (χ4v) is 2.66. The fraction of sp³-hybridized carbons (Fsp3) is 0.600. The zero-order valence-corrected chi connectivity index (χ0v) is 11.1. The molecule has 0 amide bonds. The van der Waals surface area contributed by atoms with Gasteiger partial charge in [-0.15, -0.1) is 0 Å². The van der Waals surface area contributed by atoms with Gasteiger partial charge >= 0.3 is 0 Å². The van der Waals surface area contributed by atoms with Gasteiger partial charge < -0.3 is 10.6 Å².